The molecule has 2 rings (SSSR count). The Labute approximate surface area is 134 Å². The highest BCUT2D eigenvalue weighted by molar-refractivity contribution is 6.39. The van der Waals surface area contributed by atoms with Crippen LogP contribution in [-0.4, -0.2) is 24.5 Å². The molecular formula is C17H20N2O4. The zero-order valence-electron chi connectivity index (χ0n) is 13.2. The molecule has 0 spiro atoms. The van der Waals surface area contributed by atoms with Gasteiger partial charge in [0.2, 0.25) is 0 Å². The number of ether oxygens (including phenoxy) is 1. The normalized spacial score (nSPS) is 11.6. The van der Waals surface area contributed by atoms with Gasteiger partial charge in [-0.3, -0.25) is 9.59 Å². The maximum absolute atomic E-state index is 11.9. The smallest absolute Gasteiger partial charge is 0.313 e. The maximum Gasteiger partial charge on any atom is 0.313 e. The molecule has 0 saturated heterocycles. The van der Waals surface area contributed by atoms with Crippen LogP contribution in [0, 0.1) is 0 Å². The molecule has 122 valence electrons. The second-order valence-corrected chi connectivity index (χ2v) is 5.07. The second-order valence-electron chi connectivity index (χ2n) is 5.07. The van der Waals surface area contributed by atoms with E-state index in [-0.39, 0.29) is 6.04 Å². The number of carbonyl (C=O) groups is 2. The molecule has 0 fully saturated rings. The van der Waals surface area contributed by atoms with Crippen LogP contribution in [0.3, 0.4) is 0 Å². The van der Waals surface area contributed by atoms with Crippen LogP contribution in [0.15, 0.2) is 47.1 Å². The molecule has 0 saturated carbocycles. The Hall–Kier alpha value is -2.76. The summed E-state index contributed by atoms with van der Waals surface area (Å²) in [5, 5.41) is 5.18. The van der Waals surface area contributed by atoms with Crippen molar-refractivity contribution >= 4 is 17.5 Å². The summed E-state index contributed by atoms with van der Waals surface area (Å²) in [6.45, 7) is 4.27. The first-order valence-corrected chi connectivity index (χ1v) is 7.45. The molecule has 1 aromatic carbocycles. The number of rotatable bonds is 6. The molecule has 1 unspecified atom stereocenters. The van der Waals surface area contributed by atoms with Gasteiger partial charge >= 0.3 is 11.8 Å². The third-order valence-corrected chi connectivity index (χ3v) is 3.09. The monoisotopic (exact) mass is 316 g/mol. The Balaban J connectivity index is 1.83. The standard InChI is InChI=1S/C17H20N2O4/c1-3-22-14-8-6-13(7-9-14)19-17(21)16(20)18-12(2)11-15-5-4-10-23-15/h4-10,12H,3,11H2,1-2H3,(H,18,20)(H,19,21). The minimum absolute atomic E-state index is 0.209. The predicted molar refractivity (Wildman–Crippen MR) is 86.3 cm³/mol. The lowest BCUT2D eigenvalue weighted by molar-refractivity contribution is -0.136. The summed E-state index contributed by atoms with van der Waals surface area (Å²) in [4.78, 5) is 23.8. The molecule has 0 bridgehead atoms. The molecular weight excluding hydrogens is 296 g/mol. The fraction of sp³-hybridized carbons (Fsp3) is 0.294. The highest BCUT2D eigenvalue weighted by Gasteiger charge is 2.17. The van der Waals surface area contributed by atoms with E-state index in [4.69, 9.17) is 9.15 Å². The maximum atomic E-state index is 11.9. The first-order chi connectivity index (χ1) is 11.1. The van der Waals surface area contributed by atoms with Crippen molar-refractivity contribution in [3.05, 3.63) is 48.4 Å². The van der Waals surface area contributed by atoms with E-state index in [0.29, 0.717) is 24.5 Å². The van der Waals surface area contributed by atoms with Gasteiger partial charge in [0.15, 0.2) is 0 Å². The molecule has 6 heteroatoms. The lowest BCUT2D eigenvalue weighted by Crippen LogP contribution is -2.41. The van der Waals surface area contributed by atoms with E-state index in [9.17, 15) is 9.59 Å². The number of amides is 2. The van der Waals surface area contributed by atoms with Gasteiger partial charge in [-0.05, 0) is 50.2 Å². The van der Waals surface area contributed by atoms with Crippen molar-refractivity contribution in [1.29, 1.82) is 0 Å². The third kappa shape index (κ3) is 5.18. The van der Waals surface area contributed by atoms with Gasteiger partial charge in [-0.15, -0.1) is 0 Å². The van der Waals surface area contributed by atoms with Gasteiger partial charge in [-0.1, -0.05) is 0 Å². The Kier molecular flexibility index (Phi) is 5.80. The lowest BCUT2D eigenvalue weighted by Gasteiger charge is -2.12. The lowest BCUT2D eigenvalue weighted by atomic mass is 10.2. The van der Waals surface area contributed by atoms with E-state index < -0.39 is 11.8 Å². The molecule has 0 radical (unpaired) electrons. The summed E-state index contributed by atoms with van der Waals surface area (Å²) in [5.74, 6) is 0.0742. The number of hydrogen-bond acceptors (Lipinski definition) is 4. The largest absolute Gasteiger partial charge is 0.494 e. The van der Waals surface area contributed by atoms with Crippen LogP contribution >= 0.6 is 0 Å². The van der Waals surface area contributed by atoms with Crippen molar-refractivity contribution < 1.29 is 18.7 Å². The van der Waals surface area contributed by atoms with E-state index in [1.807, 2.05) is 19.9 Å². The summed E-state index contributed by atoms with van der Waals surface area (Å²) in [6, 6.07) is 10.2. The van der Waals surface area contributed by atoms with Crippen LogP contribution in [0.4, 0.5) is 5.69 Å². The zero-order valence-corrected chi connectivity index (χ0v) is 13.2. The SMILES string of the molecule is CCOc1ccc(NC(=O)C(=O)NC(C)Cc2ccco2)cc1. The Morgan fingerprint density at radius 2 is 1.91 bits per heavy atom. The van der Waals surface area contributed by atoms with E-state index >= 15 is 0 Å². The van der Waals surface area contributed by atoms with Crippen molar-refractivity contribution in [2.45, 2.75) is 26.3 Å². The van der Waals surface area contributed by atoms with Crippen molar-refractivity contribution in [3.63, 3.8) is 0 Å². The van der Waals surface area contributed by atoms with Crippen LogP contribution < -0.4 is 15.4 Å². The van der Waals surface area contributed by atoms with Crippen molar-refractivity contribution in [3.8, 4) is 5.75 Å². The van der Waals surface area contributed by atoms with Crippen molar-refractivity contribution in [2.24, 2.45) is 0 Å². The summed E-state index contributed by atoms with van der Waals surface area (Å²) in [7, 11) is 0. The molecule has 2 N–H and O–H groups in total. The summed E-state index contributed by atoms with van der Waals surface area (Å²) >= 11 is 0. The van der Waals surface area contributed by atoms with Gasteiger partial charge in [0.05, 0.1) is 12.9 Å². The van der Waals surface area contributed by atoms with Gasteiger partial charge in [0, 0.05) is 18.2 Å². The minimum atomic E-state index is -0.708. The Bertz CT molecular complexity index is 635. The molecule has 23 heavy (non-hydrogen) atoms. The summed E-state index contributed by atoms with van der Waals surface area (Å²) in [5.41, 5.74) is 0.535. The minimum Gasteiger partial charge on any atom is -0.494 e. The van der Waals surface area contributed by atoms with Crippen molar-refractivity contribution in [2.75, 3.05) is 11.9 Å². The first kappa shape index (κ1) is 16.6. The molecule has 0 aliphatic heterocycles. The van der Waals surface area contributed by atoms with Crippen LogP contribution in [0.1, 0.15) is 19.6 Å². The molecule has 1 atom stereocenters. The summed E-state index contributed by atoms with van der Waals surface area (Å²) < 4.78 is 10.5. The van der Waals surface area contributed by atoms with E-state index in [1.165, 1.54) is 0 Å². The predicted octanol–water partition coefficient (Wildman–Crippen LogP) is 2.36. The van der Waals surface area contributed by atoms with Gasteiger partial charge in [0.25, 0.3) is 0 Å². The zero-order chi connectivity index (χ0) is 16.7. The number of hydrogen-bond donors (Lipinski definition) is 2. The van der Waals surface area contributed by atoms with E-state index in [2.05, 4.69) is 10.6 Å². The highest BCUT2D eigenvalue weighted by Crippen LogP contribution is 2.15. The number of benzene rings is 1. The van der Waals surface area contributed by atoms with Crippen molar-refractivity contribution in [1.82, 2.24) is 5.32 Å². The number of furan rings is 1. The highest BCUT2D eigenvalue weighted by atomic mass is 16.5. The molecule has 6 nitrogen and oxygen atoms in total. The molecule has 0 aliphatic rings. The molecule has 2 amide bonds. The topological polar surface area (TPSA) is 80.6 Å². The fourth-order valence-corrected chi connectivity index (χ4v) is 2.06. The van der Waals surface area contributed by atoms with Crippen LogP contribution in [0.25, 0.3) is 0 Å². The quantitative estimate of drug-likeness (QED) is 0.802. The van der Waals surface area contributed by atoms with Gasteiger partial charge in [0.1, 0.15) is 11.5 Å². The van der Waals surface area contributed by atoms with Crippen LogP contribution in [0.2, 0.25) is 0 Å². The number of anilines is 1. The van der Waals surface area contributed by atoms with Crippen LogP contribution in [-0.2, 0) is 16.0 Å². The Morgan fingerprint density at radius 3 is 2.52 bits per heavy atom. The molecule has 1 aromatic heterocycles. The molecule has 1 heterocycles. The Morgan fingerprint density at radius 1 is 1.17 bits per heavy atom. The number of carbonyl (C=O) groups excluding carboxylic acids is 2. The molecule has 0 aliphatic carbocycles. The first-order valence-electron chi connectivity index (χ1n) is 7.45. The molecule has 2 aromatic rings. The van der Waals surface area contributed by atoms with Crippen LogP contribution in [0.5, 0.6) is 5.75 Å². The van der Waals surface area contributed by atoms with Gasteiger partial charge in [-0.25, -0.2) is 0 Å². The third-order valence-electron chi connectivity index (χ3n) is 3.09. The average molecular weight is 316 g/mol. The second kappa shape index (κ2) is 8.03. The average Bonchev–Trinajstić information content (AvgIpc) is 3.02. The fourth-order valence-electron chi connectivity index (χ4n) is 2.06. The van der Waals surface area contributed by atoms with Gasteiger partial charge < -0.3 is 19.8 Å². The summed E-state index contributed by atoms with van der Waals surface area (Å²) in [6.07, 6.45) is 2.09. The van der Waals surface area contributed by atoms with Gasteiger partial charge in [-0.2, -0.15) is 0 Å². The van der Waals surface area contributed by atoms with E-state index in [0.717, 1.165) is 5.76 Å². The number of nitrogens with one attached hydrogen (secondary N) is 2. The van der Waals surface area contributed by atoms with E-state index in [1.54, 1.807) is 36.6 Å².